The average molecular weight is 334 g/mol. The van der Waals surface area contributed by atoms with Crippen molar-refractivity contribution in [1.29, 1.82) is 0 Å². The second kappa shape index (κ2) is 8.53. The molecule has 2 aromatic rings. The summed E-state index contributed by atoms with van der Waals surface area (Å²) in [5, 5.41) is 5.96. The number of amides is 1. The molecule has 124 valence electrons. The molecular formula is C17H22N2O3S. The first kappa shape index (κ1) is 17.3. The third-order valence-electron chi connectivity index (χ3n) is 3.42. The number of rotatable bonds is 8. The monoisotopic (exact) mass is 334 g/mol. The number of nitrogens with one attached hydrogen (secondary N) is 1. The predicted octanol–water partition coefficient (Wildman–Crippen LogP) is 2.76. The van der Waals surface area contributed by atoms with E-state index < -0.39 is 0 Å². The zero-order valence-electron chi connectivity index (χ0n) is 13.7. The van der Waals surface area contributed by atoms with Crippen molar-refractivity contribution in [2.24, 2.45) is 0 Å². The predicted molar refractivity (Wildman–Crippen MR) is 91.4 cm³/mol. The number of thiazole rings is 1. The SMILES string of the molecule is COc1ccc(CCNC(=O)CCc2nc(C)cs2)cc1OC. The molecule has 0 saturated carbocycles. The van der Waals surface area contributed by atoms with Crippen LogP contribution in [0, 0.1) is 6.92 Å². The van der Waals surface area contributed by atoms with Gasteiger partial charge >= 0.3 is 0 Å². The van der Waals surface area contributed by atoms with Gasteiger partial charge in [0.05, 0.1) is 19.2 Å². The molecule has 0 unspecified atom stereocenters. The second-order valence-electron chi connectivity index (χ2n) is 5.17. The van der Waals surface area contributed by atoms with E-state index in [9.17, 15) is 4.79 Å². The molecule has 0 aliphatic heterocycles. The van der Waals surface area contributed by atoms with Gasteiger partial charge in [-0.25, -0.2) is 4.98 Å². The standard InChI is InChI=1S/C17H22N2O3S/c1-12-11-23-17(19-12)7-6-16(20)18-9-8-13-4-5-14(21-2)15(10-13)22-3/h4-5,10-11H,6-9H2,1-3H3,(H,18,20). The average Bonchev–Trinajstić information content (AvgIpc) is 2.98. The second-order valence-corrected chi connectivity index (χ2v) is 6.11. The number of methoxy groups -OCH3 is 2. The zero-order valence-corrected chi connectivity index (χ0v) is 14.5. The lowest BCUT2D eigenvalue weighted by Gasteiger charge is -2.10. The highest BCUT2D eigenvalue weighted by molar-refractivity contribution is 7.09. The summed E-state index contributed by atoms with van der Waals surface area (Å²) < 4.78 is 10.5. The lowest BCUT2D eigenvalue weighted by molar-refractivity contribution is -0.121. The maximum Gasteiger partial charge on any atom is 0.220 e. The maximum atomic E-state index is 11.9. The molecule has 0 atom stereocenters. The van der Waals surface area contributed by atoms with Crippen LogP contribution in [0.3, 0.4) is 0 Å². The number of carbonyl (C=O) groups is 1. The fourth-order valence-electron chi connectivity index (χ4n) is 2.21. The van der Waals surface area contributed by atoms with E-state index in [0.29, 0.717) is 30.9 Å². The lowest BCUT2D eigenvalue weighted by atomic mass is 10.1. The van der Waals surface area contributed by atoms with E-state index in [-0.39, 0.29) is 5.91 Å². The molecule has 0 spiro atoms. The highest BCUT2D eigenvalue weighted by Crippen LogP contribution is 2.27. The maximum absolute atomic E-state index is 11.9. The van der Waals surface area contributed by atoms with Crippen LogP contribution in [0.2, 0.25) is 0 Å². The number of carbonyl (C=O) groups excluding carboxylic acids is 1. The third kappa shape index (κ3) is 5.25. The number of ether oxygens (including phenoxy) is 2. The van der Waals surface area contributed by atoms with E-state index in [4.69, 9.17) is 9.47 Å². The highest BCUT2D eigenvalue weighted by Gasteiger charge is 2.07. The van der Waals surface area contributed by atoms with Crippen LogP contribution in [0.15, 0.2) is 23.6 Å². The molecule has 1 amide bonds. The summed E-state index contributed by atoms with van der Waals surface area (Å²) in [6.45, 7) is 2.56. The molecule has 0 radical (unpaired) electrons. The quantitative estimate of drug-likeness (QED) is 0.806. The van der Waals surface area contributed by atoms with Crippen LogP contribution in [-0.4, -0.2) is 31.7 Å². The molecular weight excluding hydrogens is 312 g/mol. The van der Waals surface area contributed by atoms with Gasteiger partial charge in [0.1, 0.15) is 0 Å². The number of hydrogen-bond acceptors (Lipinski definition) is 5. The minimum Gasteiger partial charge on any atom is -0.493 e. The van der Waals surface area contributed by atoms with Crippen molar-refractivity contribution in [2.75, 3.05) is 20.8 Å². The molecule has 1 N–H and O–H groups in total. The van der Waals surface area contributed by atoms with Crippen LogP contribution in [0.5, 0.6) is 11.5 Å². The molecule has 23 heavy (non-hydrogen) atoms. The van der Waals surface area contributed by atoms with Crippen molar-refractivity contribution in [3.63, 3.8) is 0 Å². The molecule has 1 aromatic carbocycles. The summed E-state index contributed by atoms with van der Waals surface area (Å²) in [6.07, 6.45) is 1.92. The first-order valence-electron chi connectivity index (χ1n) is 7.51. The largest absolute Gasteiger partial charge is 0.493 e. The summed E-state index contributed by atoms with van der Waals surface area (Å²) >= 11 is 1.60. The first-order chi connectivity index (χ1) is 11.1. The molecule has 0 aliphatic carbocycles. The van der Waals surface area contributed by atoms with Gasteiger partial charge in [-0.15, -0.1) is 11.3 Å². The number of aryl methyl sites for hydroxylation is 2. The van der Waals surface area contributed by atoms with E-state index >= 15 is 0 Å². The van der Waals surface area contributed by atoms with Crippen molar-refractivity contribution >= 4 is 17.2 Å². The van der Waals surface area contributed by atoms with E-state index in [1.54, 1.807) is 25.6 Å². The molecule has 0 bridgehead atoms. The van der Waals surface area contributed by atoms with Gasteiger partial charge in [-0.1, -0.05) is 6.07 Å². The third-order valence-corrected chi connectivity index (χ3v) is 4.44. The van der Waals surface area contributed by atoms with Crippen molar-refractivity contribution in [3.8, 4) is 11.5 Å². The smallest absolute Gasteiger partial charge is 0.220 e. The Morgan fingerprint density at radius 1 is 1.22 bits per heavy atom. The molecule has 2 rings (SSSR count). The van der Waals surface area contributed by atoms with Gasteiger partial charge in [-0.3, -0.25) is 4.79 Å². The first-order valence-corrected chi connectivity index (χ1v) is 8.39. The number of aromatic nitrogens is 1. The Bertz CT molecular complexity index is 655. The minimum atomic E-state index is 0.0540. The Kier molecular flexibility index (Phi) is 6.40. The highest BCUT2D eigenvalue weighted by atomic mass is 32.1. The molecule has 6 heteroatoms. The van der Waals surface area contributed by atoms with Gasteiger partial charge < -0.3 is 14.8 Å². The number of benzene rings is 1. The van der Waals surface area contributed by atoms with E-state index in [0.717, 1.165) is 22.7 Å². The van der Waals surface area contributed by atoms with Gasteiger partial charge in [-0.2, -0.15) is 0 Å². The Hall–Kier alpha value is -2.08. The van der Waals surface area contributed by atoms with E-state index in [1.807, 2.05) is 30.5 Å². The van der Waals surface area contributed by atoms with Crippen LogP contribution in [0.4, 0.5) is 0 Å². The molecule has 1 heterocycles. The zero-order chi connectivity index (χ0) is 16.7. The van der Waals surface area contributed by atoms with Crippen LogP contribution in [0.25, 0.3) is 0 Å². The Labute approximate surface area is 140 Å². The fraction of sp³-hybridized carbons (Fsp3) is 0.412. The van der Waals surface area contributed by atoms with E-state index in [1.165, 1.54) is 0 Å². The van der Waals surface area contributed by atoms with Gasteiger partial charge in [0.2, 0.25) is 5.91 Å². The summed E-state index contributed by atoms with van der Waals surface area (Å²) in [5.41, 5.74) is 2.11. The number of hydrogen-bond donors (Lipinski definition) is 1. The summed E-state index contributed by atoms with van der Waals surface area (Å²) in [7, 11) is 3.23. The molecule has 0 fully saturated rings. The minimum absolute atomic E-state index is 0.0540. The van der Waals surface area contributed by atoms with Gasteiger partial charge in [0.15, 0.2) is 11.5 Å². The van der Waals surface area contributed by atoms with Gasteiger partial charge in [0.25, 0.3) is 0 Å². The molecule has 0 saturated heterocycles. The molecule has 5 nitrogen and oxygen atoms in total. The summed E-state index contributed by atoms with van der Waals surface area (Å²) in [5.74, 6) is 1.47. The Morgan fingerprint density at radius 3 is 2.65 bits per heavy atom. The van der Waals surface area contributed by atoms with Crippen LogP contribution in [0.1, 0.15) is 22.7 Å². The van der Waals surface area contributed by atoms with Crippen molar-refractivity contribution in [3.05, 3.63) is 39.8 Å². The number of nitrogens with zero attached hydrogens (tertiary/aromatic N) is 1. The fourth-order valence-corrected chi connectivity index (χ4v) is 2.98. The van der Waals surface area contributed by atoms with Crippen LogP contribution >= 0.6 is 11.3 Å². The van der Waals surface area contributed by atoms with Crippen molar-refractivity contribution < 1.29 is 14.3 Å². The van der Waals surface area contributed by atoms with E-state index in [2.05, 4.69) is 10.3 Å². The summed E-state index contributed by atoms with van der Waals surface area (Å²) in [6, 6.07) is 5.79. The van der Waals surface area contributed by atoms with Crippen LogP contribution in [-0.2, 0) is 17.6 Å². The van der Waals surface area contributed by atoms with Crippen LogP contribution < -0.4 is 14.8 Å². The normalized spacial score (nSPS) is 10.4. The topological polar surface area (TPSA) is 60.5 Å². The van der Waals surface area contributed by atoms with Crippen molar-refractivity contribution in [1.82, 2.24) is 10.3 Å². The van der Waals surface area contributed by atoms with Gasteiger partial charge in [0, 0.05) is 30.5 Å². The molecule has 0 aliphatic rings. The Balaban J connectivity index is 1.74. The van der Waals surface area contributed by atoms with Gasteiger partial charge in [-0.05, 0) is 31.0 Å². The Morgan fingerprint density at radius 2 is 2.00 bits per heavy atom. The summed E-state index contributed by atoms with van der Waals surface area (Å²) in [4.78, 5) is 16.2. The lowest BCUT2D eigenvalue weighted by Crippen LogP contribution is -2.25. The molecule has 1 aromatic heterocycles. The van der Waals surface area contributed by atoms with Crippen molar-refractivity contribution in [2.45, 2.75) is 26.2 Å².